The van der Waals surface area contributed by atoms with Crippen molar-refractivity contribution in [1.29, 1.82) is 5.26 Å². The van der Waals surface area contributed by atoms with Gasteiger partial charge in [-0.15, -0.1) is 0 Å². The van der Waals surface area contributed by atoms with Crippen LogP contribution in [0.15, 0.2) is 18.2 Å². The van der Waals surface area contributed by atoms with Crippen LogP contribution in [0.25, 0.3) is 0 Å². The van der Waals surface area contributed by atoms with Gasteiger partial charge in [0.1, 0.15) is 5.75 Å². The van der Waals surface area contributed by atoms with E-state index in [1.54, 1.807) is 0 Å². The molecule has 0 unspecified atom stereocenters. The number of hydrogen-bond donors (Lipinski definition) is 1. The molecule has 1 aliphatic carbocycles. The highest BCUT2D eigenvalue weighted by atomic mass is 16.5. The van der Waals surface area contributed by atoms with Gasteiger partial charge in [0.2, 0.25) is 0 Å². The second-order valence-electron chi connectivity index (χ2n) is 6.22. The minimum atomic E-state index is 0.125. The molecule has 0 aromatic heterocycles. The first kappa shape index (κ1) is 14.9. The molecular weight excluding hydrogens is 248 g/mol. The number of nitriles is 1. The van der Waals surface area contributed by atoms with Crippen molar-refractivity contribution in [2.24, 2.45) is 5.41 Å². The minimum Gasteiger partial charge on any atom is -0.492 e. The van der Waals surface area contributed by atoms with Crippen LogP contribution in [0, 0.1) is 23.7 Å². The molecule has 3 nitrogen and oxygen atoms in total. The Morgan fingerprint density at radius 3 is 2.75 bits per heavy atom. The maximum atomic E-state index is 8.88. The molecular formula is C17H24N2O. The normalized spacial score (nSPS) is 15.9. The summed E-state index contributed by atoms with van der Waals surface area (Å²) in [6.45, 7) is 7.85. The van der Waals surface area contributed by atoms with Gasteiger partial charge in [0.15, 0.2) is 0 Å². The van der Waals surface area contributed by atoms with E-state index in [2.05, 4.69) is 50.4 Å². The molecule has 0 amide bonds. The van der Waals surface area contributed by atoms with Crippen LogP contribution >= 0.6 is 0 Å². The van der Waals surface area contributed by atoms with Crippen molar-refractivity contribution in [2.45, 2.75) is 52.6 Å². The van der Waals surface area contributed by atoms with Gasteiger partial charge in [0.25, 0.3) is 0 Å². The third kappa shape index (κ3) is 3.74. The topological polar surface area (TPSA) is 45.0 Å². The van der Waals surface area contributed by atoms with Crippen molar-refractivity contribution in [3.05, 3.63) is 29.3 Å². The summed E-state index contributed by atoms with van der Waals surface area (Å²) in [7, 11) is 0. The van der Waals surface area contributed by atoms with Crippen molar-refractivity contribution in [1.82, 2.24) is 5.32 Å². The molecule has 108 valence electrons. The molecule has 1 aliphatic rings. The van der Waals surface area contributed by atoms with Crippen molar-refractivity contribution in [3.63, 3.8) is 0 Å². The summed E-state index contributed by atoms with van der Waals surface area (Å²) >= 11 is 0. The highest BCUT2D eigenvalue weighted by Crippen LogP contribution is 2.49. The van der Waals surface area contributed by atoms with Gasteiger partial charge in [0.05, 0.1) is 12.7 Å². The molecule has 1 fully saturated rings. The smallest absolute Gasteiger partial charge is 0.126 e. The van der Waals surface area contributed by atoms with E-state index in [4.69, 9.17) is 10.00 Å². The highest BCUT2D eigenvalue weighted by Gasteiger charge is 2.43. The second kappa shape index (κ2) is 6.28. The van der Waals surface area contributed by atoms with E-state index in [0.717, 1.165) is 25.1 Å². The number of nitrogens with one attached hydrogen (secondary N) is 1. The summed E-state index contributed by atoms with van der Waals surface area (Å²) in [5.41, 5.74) is 2.49. The van der Waals surface area contributed by atoms with Gasteiger partial charge in [-0.2, -0.15) is 5.26 Å². The lowest BCUT2D eigenvalue weighted by Crippen LogP contribution is -2.23. The van der Waals surface area contributed by atoms with Crippen molar-refractivity contribution < 1.29 is 4.74 Å². The summed E-state index contributed by atoms with van der Waals surface area (Å²) in [5, 5.41) is 12.3. The summed E-state index contributed by atoms with van der Waals surface area (Å²) in [6.07, 6.45) is 2.84. The fourth-order valence-electron chi connectivity index (χ4n) is 2.31. The fraction of sp³-hybridized carbons (Fsp3) is 0.588. The van der Waals surface area contributed by atoms with Gasteiger partial charge >= 0.3 is 0 Å². The van der Waals surface area contributed by atoms with Crippen LogP contribution in [0.3, 0.4) is 0 Å². The standard InChI is InChI=1S/C17H24N2O/c1-13(2)19-11-15-6-4-5-14(3)16(15)20-12-17(7-8-17)9-10-18/h4-6,13,19H,7-9,11-12H2,1-3H3. The molecule has 0 atom stereocenters. The molecule has 1 N–H and O–H groups in total. The molecule has 0 bridgehead atoms. The Morgan fingerprint density at radius 2 is 2.15 bits per heavy atom. The molecule has 1 aromatic rings. The Balaban J connectivity index is 2.04. The Kier molecular flexibility index (Phi) is 4.67. The average molecular weight is 272 g/mol. The van der Waals surface area contributed by atoms with E-state index < -0.39 is 0 Å². The SMILES string of the molecule is Cc1cccc(CNC(C)C)c1OCC1(CC#N)CC1. The number of nitrogens with zero attached hydrogens (tertiary/aromatic N) is 1. The molecule has 0 spiro atoms. The Hall–Kier alpha value is -1.53. The van der Waals surface area contributed by atoms with Gasteiger partial charge in [-0.1, -0.05) is 32.0 Å². The summed E-state index contributed by atoms with van der Waals surface area (Å²) in [4.78, 5) is 0. The van der Waals surface area contributed by atoms with E-state index in [1.165, 1.54) is 11.1 Å². The Bertz CT molecular complexity index is 498. The molecule has 0 heterocycles. The predicted octanol–water partition coefficient (Wildman–Crippen LogP) is 3.57. The van der Waals surface area contributed by atoms with Crippen LogP contribution < -0.4 is 10.1 Å². The van der Waals surface area contributed by atoms with Gasteiger partial charge in [-0.3, -0.25) is 0 Å². The maximum Gasteiger partial charge on any atom is 0.126 e. The summed E-state index contributed by atoms with van der Waals surface area (Å²) < 4.78 is 6.09. The fourth-order valence-corrected chi connectivity index (χ4v) is 2.31. The Morgan fingerprint density at radius 1 is 1.40 bits per heavy atom. The predicted molar refractivity (Wildman–Crippen MR) is 80.5 cm³/mol. The van der Waals surface area contributed by atoms with Gasteiger partial charge in [-0.05, 0) is 25.3 Å². The number of aryl methyl sites for hydroxylation is 1. The van der Waals surface area contributed by atoms with Crippen molar-refractivity contribution in [2.75, 3.05) is 6.61 Å². The highest BCUT2D eigenvalue weighted by molar-refractivity contribution is 5.40. The maximum absolute atomic E-state index is 8.88. The largest absolute Gasteiger partial charge is 0.492 e. The van der Waals surface area contributed by atoms with Gasteiger partial charge in [-0.25, -0.2) is 0 Å². The van der Waals surface area contributed by atoms with E-state index in [0.29, 0.717) is 19.1 Å². The first-order valence-electron chi connectivity index (χ1n) is 7.38. The average Bonchev–Trinajstić information content (AvgIpc) is 3.16. The van der Waals surface area contributed by atoms with Crippen LogP contribution in [0.5, 0.6) is 5.75 Å². The number of ether oxygens (including phenoxy) is 1. The zero-order chi connectivity index (χ0) is 14.6. The van der Waals surface area contributed by atoms with Crippen LogP contribution in [0.2, 0.25) is 0 Å². The minimum absolute atomic E-state index is 0.125. The first-order valence-corrected chi connectivity index (χ1v) is 7.38. The lowest BCUT2D eigenvalue weighted by atomic mass is 10.0. The quantitative estimate of drug-likeness (QED) is 0.825. The lowest BCUT2D eigenvalue weighted by Gasteiger charge is -2.18. The molecule has 1 aromatic carbocycles. The monoisotopic (exact) mass is 272 g/mol. The number of para-hydroxylation sites is 1. The van der Waals surface area contributed by atoms with E-state index in [9.17, 15) is 0 Å². The van der Waals surface area contributed by atoms with Crippen LogP contribution in [-0.4, -0.2) is 12.6 Å². The summed E-state index contributed by atoms with van der Waals surface area (Å²) in [6, 6.07) is 9.00. The molecule has 2 rings (SSSR count). The third-order valence-corrected chi connectivity index (χ3v) is 3.93. The molecule has 20 heavy (non-hydrogen) atoms. The Labute approximate surface area is 121 Å². The second-order valence-corrected chi connectivity index (χ2v) is 6.22. The molecule has 1 saturated carbocycles. The first-order chi connectivity index (χ1) is 9.56. The number of benzene rings is 1. The van der Waals surface area contributed by atoms with Crippen LogP contribution in [-0.2, 0) is 6.54 Å². The van der Waals surface area contributed by atoms with Crippen molar-refractivity contribution >= 4 is 0 Å². The van der Waals surface area contributed by atoms with Crippen LogP contribution in [0.1, 0.15) is 44.2 Å². The van der Waals surface area contributed by atoms with Crippen LogP contribution in [0.4, 0.5) is 0 Å². The zero-order valence-corrected chi connectivity index (χ0v) is 12.7. The van der Waals surface area contributed by atoms with E-state index in [-0.39, 0.29) is 5.41 Å². The van der Waals surface area contributed by atoms with E-state index in [1.807, 2.05) is 0 Å². The molecule has 3 heteroatoms. The zero-order valence-electron chi connectivity index (χ0n) is 12.7. The van der Waals surface area contributed by atoms with Crippen molar-refractivity contribution in [3.8, 4) is 11.8 Å². The van der Waals surface area contributed by atoms with Gasteiger partial charge in [0, 0.05) is 30.0 Å². The van der Waals surface area contributed by atoms with Gasteiger partial charge < -0.3 is 10.1 Å². The molecule has 0 radical (unpaired) electrons. The number of rotatable bonds is 7. The van der Waals surface area contributed by atoms with E-state index >= 15 is 0 Å². The molecule has 0 aliphatic heterocycles. The molecule has 0 saturated heterocycles. The lowest BCUT2D eigenvalue weighted by molar-refractivity contribution is 0.233. The third-order valence-electron chi connectivity index (χ3n) is 3.93. The summed E-state index contributed by atoms with van der Waals surface area (Å²) in [5.74, 6) is 0.991. The number of hydrogen-bond acceptors (Lipinski definition) is 3.